The van der Waals surface area contributed by atoms with E-state index in [4.69, 9.17) is 4.74 Å². The van der Waals surface area contributed by atoms with E-state index < -0.39 is 6.04 Å². The van der Waals surface area contributed by atoms with Crippen LogP contribution in [0.5, 0.6) is 5.75 Å². The second kappa shape index (κ2) is 11.4. The zero-order valence-electron chi connectivity index (χ0n) is 16.7. The Hall–Kier alpha value is -2.47. The molecular weight excluding hydrogens is 372 g/mol. The molecule has 0 unspecified atom stereocenters. The Kier molecular flexibility index (Phi) is 8.88. The zero-order valence-corrected chi connectivity index (χ0v) is 17.5. The van der Waals surface area contributed by atoms with Crippen LogP contribution in [0.25, 0.3) is 0 Å². The maximum absolute atomic E-state index is 12.5. The Balaban J connectivity index is 1.85. The van der Waals surface area contributed by atoms with Crippen LogP contribution in [0.15, 0.2) is 48.5 Å². The summed E-state index contributed by atoms with van der Waals surface area (Å²) in [6, 6.07) is 14.4. The van der Waals surface area contributed by atoms with E-state index >= 15 is 0 Å². The molecule has 0 heterocycles. The van der Waals surface area contributed by atoms with Gasteiger partial charge in [-0.2, -0.15) is 11.8 Å². The molecule has 0 aromatic heterocycles. The number of aryl methyl sites for hydroxylation is 2. The highest BCUT2D eigenvalue weighted by molar-refractivity contribution is 7.98. The van der Waals surface area contributed by atoms with Crippen molar-refractivity contribution in [1.29, 1.82) is 0 Å². The first-order valence-electron chi connectivity index (χ1n) is 9.34. The van der Waals surface area contributed by atoms with E-state index in [1.54, 1.807) is 36.0 Å². The molecular formula is C22H28N2O3S. The van der Waals surface area contributed by atoms with Gasteiger partial charge in [0, 0.05) is 5.56 Å². The largest absolute Gasteiger partial charge is 0.491 e. The summed E-state index contributed by atoms with van der Waals surface area (Å²) in [4.78, 5) is 24.9. The fraction of sp³-hybridized carbons (Fsp3) is 0.364. The minimum atomic E-state index is -0.568. The SMILES string of the molecule is CSCC[C@@H](NC(=O)c1ccccc1)C(=O)NCCOc1ccc(C)cc1C. The molecule has 150 valence electrons. The Bertz CT molecular complexity index is 781. The standard InChI is InChI=1S/C22H28N2O3S/c1-16-9-10-20(17(2)15-16)27-13-12-23-22(26)19(11-14-28-3)24-21(25)18-7-5-4-6-8-18/h4-10,15,19H,11-14H2,1-3H3,(H,23,26)(H,24,25)/t19-/m1/s1. The minimum absolute atomic E-state index is 0.192. The second-order valence-electron chi connectivity index (χ2n) is 6.58. The van der Waals surface area contributed by atoms with Crippen LogP contribution in [0.4, 0.5) is 0 Å². The van der Waals surface area contributed by atoms with Crippen molar-refractivity contribution < 1.29 is 14.3 Å². The van der Waals surface area contributed by atoms with Crippen LogP contribution in [0.3, 0.4) is 0 Å². The number of hydrogen-bond acceptors (Lipinski definition) is 4. The number of benzene rings is 2. The number of nitrogens with one attached hydrogen (secondary N) is 2. The fourth-order valence-corrected chi connectivity index (χ4v) is 3.23. The maximum atomic E-state index is 12.5. The Labute approximate surface area is 171 Å². The molecule has 5 nitrogen and oxygen atoms in total. The van der Waals surface area contributed by atoms with Gasteiger partial charge in [0.25, 0.3) is 5.91 Å². The number of rotatable bonds is 10. The number of hydrogen-bond donors (Lipinski definition) is 2. The average molecular weight is 401 g/mol. The first-order valence-corrected chi connectivity index (χ1v) is 10.7. The molecule has 2 amide bonds. The van der Waals surface area contributed by atoms with Gasteiger partial charge in [0.2, 0.25) is 5.91 Å². The van der Waals surface area contributed by atoms with E-state index in [0.29, 0.717) is 25.1 Å². The first kappa shape index (κ1) is 21.8. The molecule has 28 heavy (non-hydrogen) atoms. The molecule has 0 fully saturated rings. The molecule has 0 saturated heterocycles. The molecule has 0 saturated carbocycles. The van der Waals surface area contributed by atoms with Crippen molar-refractivity contribution in [2.45, 2.75) is 26.3 Å². The monoisotopic (exact) mass is 400 g/mol. The lowest BCUT2D eigenvalue weighted by atomic mass is 10.1. The number of carbonyl (C=O) groups is 2. The smallest absolute Gasteiger partial charge is 0.251 e. The summed E-state index contributed by atoms with van der Waals surface area (Å²) in [5.41, 5.74) is 2.80. The van der Waals surface area contributed by atoms with Crippen molar-refractivity contribution in [3.05, 3.63) is 65.2 Å². The van der Waals surface area contributed by atoms with Gasteiger partial charge in [-0.15, -0.1) is 0 Å². The highest BCUT2D eigenvalue weighted by atomic mass is 32.2. The highest BCUT2D eigenvalue weighted by Crippen LogP contribution is 2.18. The van der Waals surface area contributed by atoms with Crippen molar-refractivity contribution in [3.63, 3.8) is 0 Å². The van der Waals surface area contributed by atoms with Gasteiger partial charge in [0.05, 0.1) is 6.54 Å². The van der Waals surface area contributed by atoms with Crippen LogP contribution < -0.4 is 15.4 Å². The normalized spacial score (nSPS) is 11.5. The average Bonchev–Trinajstić information content (AvgIpc) is 2.70. The number of carbonyl (C=O) groups excluding carboxylic acids is 2. The quantitative estimate of drug-likeness (QED) is 0.600. The van der Waals surface area contributed by atoms with Crippen LogP contribution in [0.1, 0.15) is 27.9 Å². The molecule has 6 heteroatoms. The molecule has 2 rings (SSSR count). The van der Waals surface area contributed by atoms with E-state index in [2.05, 4.69) is 16.7 Å². The molecule has 0 aliphatic heterocycles. The topological polar surface area (TPSA) is 67.4 Å². The third-order valence-electron chi connectivity index (χ3n) is 4.26. The summed E-state index contributed by atoms with van der Waals surface area (Å²) >= 11 is 1.64. The Morgan fingerprint density at radius 3 is 2.54 bits per heavy atom. The lowest BCUT2D eigenvalue weighted by Gasteiger charge is -2.18. The molecule has 0 aliphatic carbocycles. The molecule has 0 aliphatic rings. The summed E-state index contributed by atoms with van der Waals surface area (Å²) in [7, 11) is 0. The molecule has 2 aromatic carbocycles. The van der Waals surface area contributed by atoms with E-state index in [1.807, 2.05) is 38.3 Å². The highest BCUT2D eigenvalue weighted by Gasteiger charge is 2.20. The molecule has 1 atom stereocenters. The van der Waals surface area contributed by atoms with Crippen LogP contribution in [-0.2, 0) is 4.79 Å². The van der Waals surface area contributed by atoms with Crippen molar-refractivity contribution in [2.24, 2.45) is 0 Å². The lowest BCUT2D eigenvalue weighted by Crippen LogP contribution is -2.47. The Morgan fingerprint density at radius 2 is 1.86 bits per heavy atom. The summed E-state index contributed by atoms with van der Waals surface area (Å²) in [5, 5.41) is 5.70. The zero-order chi connectivity index (χ0) is 20.4. The molecule has 0 spiro atoms. The summed E-state index contributed by atoms with van der Waals surface area (Å²) in [6.07, 6.45) is 2.55. The van der Waals surface area contributed by atoms with Gasteiger partial charge >= 0.3 is 0 Å². The molecule has 0 bridgehead atoms. The predicted octanol–water partition coefficient (Wildman–Crippen LogP) is 3.35. The van der Waals surface area contributed by atoms with Gasteiger partial charge in [-0.3, -0.25) is 9.59 Å². The van der Waals surface area contributed by atoms with E-state index in [-0.39, 0.29) is 11.8 Å². The van der Waals surface area contributed by atoms with Gasteiger partial charge in [-0.05, 0) is 56.0 Å². The van der Waals surface area contributed by atoms with Crippen molar-refractivity contribution in [2.75, 3.05) is 25.2 Å². The number of ether oxygens (including phenoxy) is 1. The van der Waals surface area contributed by atoms with Crippen LogP contribution in [-0.4, -0.2) is 43.0 Å². The van der Waals surface area contributed by atoms with Crippen LogP contribution in [0.2, 0.25) is 0 Å². The number of amides is 2. The summed E-state index contributed by atoms with van der Waals surface area (Å²) < 4.78 is 5.75. The molecule has 0 radical (unpaired) electrons. The van der Waals surface area contributed by atoms with Gasteiger partial charge in [-0.1, -0.05) is 35.9 Å². The van der Waals surface area contributed by atoms with E-state index in [9.17, 15) is 9.59 Å². The predicted molar refractivity (Wildman–Crippen MR) is 115 cm³/mol. The van der Waals surface area contributed by atoms with Gasteiger partial charge in [-0.25, -0.2) is 0 Å². The van der Waals surface area contributed by atoms with Crippen molar-refractivity contribution >= 4 is 23.6 Å². The third-order valence-corrected chi connectivity index (χ3v) is 4.90. The third kappa shape index (κ3) is 6.93. The van der Waals surface area contributed by atoms with Crippen LogP contribution in [0, 0.1) is 13.8 Å². The van der Waals surface area contributed by atoms with Gasteiger partial charge < -0.3 is 15.4 Å². The maximum Gasteiger partial charge on any atom is 0.251 e. The van der Waals surface area contributed by atoms with E-state index in [0.717, 1.165) is 17.1 Å². The fourth-order valence-electron chi connectivity index (χ4n) is 2.76. The Morgan fingerprint density at radius 1 is 1.11 bits per heavy atom. The molecule has 2 N–H and O–H groups in total. The lowest BCUT2D eigenvalue weighted by molar-refractivity contribution is -0.123. The summed E-state index contributed by atoms with van der Waals surface area (Å²) in [5.74, 6) is 1.17. The molecule has 2 aromatic rings. The first-order chi connectivity index (χ1) is 13.5. The summed E-state index contributed by atoms with van der Waals surface area (Å²) in [6.45, 7) is 4.79. The van der Waals surface area contributed by atoms with Gasteiger partial charge in [0.15, 0.2) is 0 Å². The van der Waals surface area contributed by atoms with Gasteiger partial charge in [0.1, 0.15) is 18.4 Å². The van der Waals surface area contributed by atoms with Crippen LogP contribution >= 0.6 is 11.8 Å². The van der Waals surface area contributed by atoms with E-state index in [1.165, 1.54) is 5.56 Å². The van der Waals surface area contributed by atoms with Crippen molar-refractivity contribution in [3.8, 4) is 5.75 Å². The number of thioether (sulfide) groups is 1. The second-order valence-corrected chi connectivity index (χ2v) is 7.57. The van der Waals surface area contributed by atoms with Crippen molar-refractivity contribution in [1.82, 2.24) is 10.6 Å². The minimum Gasteiger partial charge on any atom is -0.491 e.